The molecule has 2 bridgehead atoms. The topological polar surface area (TPSA) is 139 Å². The van der Waals surface area contributed by atoms with Crippen LogP contribution in [0.3, 0.4) is 0 Å². The number of nitrogens with two attached hydrogens (primary N) is 1. The first-order chi connectivity index (χ1) is 15.2. The lowest BCUT2D eigenvalue weighted by molar-refractivity contribution is -0.136. The Morgan fingerprint density at radius 2 is 1.84 bits per heavy atom. The molecule has 1 aliphatic carbocycles. The predicted molar refractivity (Wildman–Crippen MR) is 116 cm³/mol. The van der Waals surface area contributed by atoms with E-state index in [1.54, 1.807) is 4.90 Å². The molecule has 1 saturated carbocycles. The number of amides is 3. The number of hydrogen-bond donors (Lipinski definition) is 3. The number of rotatable bonds is 4. The number of carbonyl (C=O) groups is 3. The number of nitrogens with zero attached hydrogens (tertiary/aromatic N) is 1. The van der Waals surface area contributed by atoms with Crippen LogP contribution in [-0.2, 0) is 32.5 Å². The normalized spacial score (nSPS) is 33.7. The molecule has 3 atom stereocenters. The largest absolute Gasteiger partial charge is 0.328 e. The number of imide groups is 1. The lowest BCUT2D eigenvalue weighted by atomic mass is 9.75. The van der Waals surface area contributed by atoms with Gasteiger partial charge in [-0.2, -0.15) is 0 Å². The first-order valence-corrected chi connectivity index (χ1v) is 13.0. The van der Waals surface area contributed by atoms with Gasteiger partial charge in [0.2, 0.25) is 11.8 Å². The third-order valence-electron chi connectivity index (χ3n) is 7.33. The van der Waals surface area contributed by atoms with Gasteiger partial charge < -0.3 is 16.0 Å². The number of piperidine rings is 1. The second-order valence-corrected chi connectivity index (χ2v) is 11.7. The molecule has 9 nitrogen and oxygen atoms in total. The highest BCUT2D eigenvalue weighted by Gasteiger charge is 2.45. The van der Waals surface area contributed by atoms with Gasteiger partial charge in [-0.1, -0.05) is 18.2 Å². The minimum absolute atomic E-state index is 0.0186. The van der Waals surface area contributed by atoms with Crippen molar-refractivity contribution in [2.75, 3.05) is 11.5 Å². The molecule has 0 aromatic heterocycles. The van der Waals surface area contributed by atoms with Crippen LogP contribution in [0.25, 0.3) is 0 Å². The Bertz CT molecular complexity index is 1070. The van der Waals surface area contributed by atoms with Crippen molar-refractivity contribution in [3.8, 4) is 0 Å². The van der Waals surface area contributed by atoms with E-state index in [9.17, 15) is 22.8 Å². The van der Waals surface area contributed by atoms with Crippen molar-refractivity contribution in [1.29, 1.82) is 0 Å². The lowest BCUT2D eigenvalue weighted by Gasteiger charge is -2.45. The quantitative estimate of drug-likeness (QED) is 0.524. The molecule has 4 aliphatic rings. The fraction of sp³-hybridized carbons (Fsp3) is 0.591. The van der Waals surface area contributed by atoms with Gasteiger partial charge in [-0.15, -0.1) is 0 Å². The summed E-state index contributed by atoms with van der Waals surface area (Å²) in [6, 6.07) is 5.14. The zero-order valence-corrected chi connectivity index (χ0v) is 18.6. The van der Waals surface area contributed by atoms with Crippen molar-refractivity contribution >= 4 is 27.6 Å². The van der Waals surface area contributed by atoms with Crippen LogP contribution < -0.4 is 16.4 Å². The minimum Gasteiger partial charge on any atom is -0.328 e. The van der Waals surface area contributed by atoms with Crippen molar-refractivity contribution in [2.24, 2.45) is 17.6 Å². The Labute approximate surface area is 187 Å². The van der Waals surface area contributed by atoms with E-state index < -0.39 is 21.8 Å². The maximum Gasteiger partial charge on any atom is 0.255 e. The van der Waals surface area contributed by atoms with E-state index in [0.717, 1.165) is 11.1 Å². The number of sulfone groups is 1. The summed E-state index contributed by atoms with van der Waals surface area (Å²) in [7, 11) is -3.05. The molecule has 3 aliphatic heterocycles. The molecule has 5 rings (SSSR count). The van der Waals surface area contributed by atoms with E-state index in [2.05, 4.69) is 10.6 Å². The standard InChI is InChI=1S/C22H28N4O5S/c23-16-6-14-10-32(30,31)11-15(7-16)20(14)24-8-12-2-1-3-13-9-26(22(29)19(12)13)17-4-5-18(27)25-21(17)28/h1-3,14-17,20,24H,4-11,23H2,(H,25,27,28). The number of carbonyl (C=O) groups excluding carboxylic acids is 3. The van der Waals surface area contributed by atoms with Crippen LogP contribution >= 0.6 is 0 Å². The number of hydrogen-bond acceptors (Lipinski definition) is 7. The molecule has 3 unspecified atom stereocenters. The average Bonchev–Trinajstić information content (AvgIpc) is 3.03. The van der Waals surface area contributed by atoms with Gasteiger partial charge in [0, 0.05) is 37.2 Å². The van der Waals surface area contributed by atoms with E-state index >= 15 is 0 Å². The van der Waals surface area contributed by atoms with Crippen molar-refractivity contribution in [3.05, 3.63) is 34.9 Å². The van der Waals surface area contributed by atoms with Crippen molar-refractivity contribution in [1.82, 2.24) is 15.5 Å². The van der Waals surface area contributed by atoms with Gasteiger partial charge in [-0.25, -0.2) is 8.42 Å². The van der Waals surface area contributed by atoms with Gasteiger partial charge in [-0.05, 0) is 42.2 Å². The molecule has 0 radical (unpaired) electrons. The van der Waals surface area contributed by atoms with E-state index in [4.69, 9.17) is 5.73 Å². The highest BCUT2D eigenvalue weighted by atomic mass is 32.2. The lowest BCUT2D eigenvalue weighted by Crippen LogP contribution is -2.57. The second-order valence-electron chi connectivity index (χ2n) is 9.59. The van der Waals surface area contributed by atoms with Crippen molar-refractivity contribution < 1.29 is 22.8 Å². The Morgan fingerprint density at radius 1 is 1.12 bits per heavy atom. The van der Waals surface area contributed by atoms with E-state index in [-0.39, 0.29) is 53.7 Å². The second kappa shape index (κ2) is 7.93. The zero-order valence-electron chi connectivity index (χ0n) is 17.7. The van der Waals surface area contributed by atoms with Gasteiger partial charge in [-0.3, -0.25) is 19.7 Å². The Hall–Kier alpha value is -2.30. The van der Waals surface area contributed by atoms with Gasteiger partial charge in [0.25, 0.3) is 5.91 Å². The molecular weight excluding hydrogens is 432 g/mol. The van der Waals surface area contributed by atoms with Crippen LogP contribution in [0.2, 0.25) is 0 Å². The smallest absolute Gasteiger partial charge is 0.255 e. The molecule has 4 N–H and O–H groups in total. The van der Waals surface area contributed by atoms with Crippen molar-refractivity contribution in [2.45, 2.75) is 56.9 Å². The monoisotopic (exact) mass is 460 g/mol. The molecule has 3 amide bonds. The summed E-state index contributed by atoms with van der Waals surface area (Å²) in [5, 5.41) is 5.87. The van der Waals surface area contributed by atoms with Gasteiger partial charge >= 0.3 is 0 Å². The number of benzene rings is 1. The SMILES string of the molecule is NC1CC2CS(=O)(=O)CC(C1)C2NCc1cccc2c1C(=O)N(C1CCC(=O)NC1=O)C2. The first-order valence-electron chi connectivity index (χ1n) is 11.2. The summed E-state index contributed by atoms with van der Waals surface area (Å²) in [6.07, 6.45) is 1.92. The predicted octanol–water partition coefficient (Wildman–Crippen LogP) is -0.312. The third-order valence-corrected chi connectivity index (χ3v) is 9.20. The fourth-order valence-corrected chi connectivity index (χ4v) is 8.14. The highest BCUT2D eigenvalue weighted by molar-refractivity contribution is 7.91. The summed E-state index contributed by atoms with van der Waals surface area (Å²) in [6.45, 7) is 0.793. The zero-order chi connectivity index (χ0) is 22.6. The van der Waals surface area contributed by atoms with Crippen molar-refractivity contribution in [3.63, 3.8) is 0 Å². The highest BCUT2D eigenvalue weighted by Crippen LogP contribution is 2.36. The molecular formula is C22H28N4O5S. The van der Waals surface area contributed by atoms with Crippen LogP contribution in [0, 0.1) is 11.8 Å². The van der Waals surface area contributed by atoms with E-state index in [1.807, 2.05) is 18.2 Å². The third kappa shape index (κ3) is 3.84. The minimum atomic E-state index is -3.05. The van der Waals surface area contributed by atoms with Crippen LogP contribution in [-0.4, -0.2) is 60.7 Å². The van der Waals surface area contributed by atoms with Crippen LogP contribution in [0.4, 0.5) is 0 Å². The fourth-order valence-electron chi connectivity index (χ4n) is 6.01. The summed E-state index contributed by atoms with van der Waals surface area (Å²) >= 11 is 0. The summed E-state index contributed by atoms with van der Waals surface area (Å²) in [5.41, 5.74) is 8.47. The van der Waals surface area contributed by atoms with Gasteiger partial charge in [0.05, 0.1) is 11.5 Å². The van der Waals surface area contributed by atoms with Crippen LogP contribution in [0.1, 0.15) is 47.2 Å². The molecule has 1 aromatic rings. The van der Waals surface area contributed by atoms with E-state index in [1.165, 1.54) is 0 Å². The first kappa shape index (κ1) is 21.5. The van der Waals surface area contributed by atoms with Crippen LogP contribution in [0.5, 0.6) is 0 Å². The number of fused-ring (bicyclic) bond motifs is 3. The molecule has 10 heteroatoms. The Kier molecular flexibility index (Phi) is 5.34. The molecule has 172 valence electrons. The van der Waals surface area contributed by atoms with E-state index in [0.29, 0.717) is 37.9 Å². The van der Waals surface area contributed by atoms with Crippen LogP contribution in [0.15, 0.2) is 18.2 Å². The van der Waals surface area contributed by atoms with Gasteiger partial charge in [0.1, 0.15) is 6.04 Å². The Balaban J connectivity index is 1.33. The summed E-state index contributed by atoms with van der Waals surface area (Å²) in [5.74, 6) is -0.645. The average molecular weight is 461 g/mol. The summed E-state index contributed by atoms with van der Waals surface area (Å²) < 4.78 is 24.5. The maximum atomic E-state index is 13.3. The van der Waals surface area contributed by atoms with Gasteiger partial charge in [0.15, 0.2) is 9.84 Å². The molecule has 0 spiro atoms. The molecule has 2 saturated heterocycles. The molecule has 1 aromatic carbocycles. The number of nitrogens with one attached hydrogen (secondary N) is 2. The Morgan fingerprint density at radius 3 is 2.53 bits per heavy atom. The molecule has 3 heterocycles. The molecule has 32 heavy (non-hydrogen) atoms. The summed E-state index contributed by atoms with van der Waals surface area (Å²) in [4.78, 5) is 38.6. The molecule has 3 fully saturated rings. The maximum absolute atomic E-state index is 13.3.